The number of carbonyl (C=O) groups is 1. The van der Waals surface area contributed by atoms with E-state index in [0.29, 0.717) is 0 Å². The summed E-state index contributed by atoms with van der Waals surface area (Å²) in [6.45, 7) is 0. The maximum atomic E-state index is 11.4. The molecule has 1 heterocycles. The number of thiocarbonyl (C=S) groups is 1. The summed E-state index contributed by atoms with van der Waals surface area (Å²) in [6, 6.07) is 0. The molecule has 1 aromatic rings. The van der Waals surface area contributed by atoms with Gasteiger partial charge in [0.25, 0.3) is 5.56 Å². The van der Waals surface area contributed by atoms with Crippen LogP contribution < -0.4 is 10.9 Å². The van der Waals surface area contributed by atoms with Crippen LogP contribution in [0, 0.1) is 0 Å². The summed E-state index contributed by atoms with van der Waals surface area (Å²) in [7, 11) is 1.58. The Morgan fingerprint density at radius 2 is 2.43 bits per heavy atom. The van der Waals surface area contributed by atoms with Gasteiger partial charge in [-0.05, 0) is 12.2 Å². The molecule has 1 aromatic heterocycles. The third-order valence-corrected chi connectivity index (χ3v) is 1.99. The number of hydrogen-bond donors (Lipinski definition) is 3. The summed E-state index contributed by atoms with van der Waals surface area (Å²) in [5.74, 6) is -1.05. The molecule has 0 saturated carbocycles. The average Bonchev–Trinajstić information content (AvgIpc) is 2.46. The lowest BCUT2D eigenvalue weighted by atomic mass is 10.2. The predicted molar refractivity (Wildman–Crippen MR) is 53.4 cm³/mol. The minimum atomic E-state index is -1.05. The van der Waals surface area contributed by atoms with Crippen molar-refractivity contribution in [3.05, 3.63) is 22.1 Å². The van der Waals surface area contributed by atoms with E-state index in [1.807, 2.05) is 0 Å². The van der Waals surface area contributed by atoms with Crippen molar-refractivity contribution in [2.75, 3.05) is 7.05 Å². The van der Waals surface area contributed by atoms with Gasteiger partial charge in [0.15, 0.2) is 5.11 Å². The van der Waals surface area contributed by atoms with Gasteiger partial charge in [-0.25, -0.2) is 0 Å². The Morgan fingerprint density at radius 1 is 1.79 bits per heavy atom. The maximum Gasteiger partial charge on any atom is 0.308 e. The van der Waals surface area contributed by atoms with Gasteiger partial charge in [-0.1, -0.05) is 0 Å². The molecule has 0 saturated heterocycles. The fourth-order valence-electron chi connectivity index (χ4n) is 0.959. The quantitative estimate of drug-likeness (QED) is 0.560. The van der Waals surface area contributed by atoms with Crippen molar-refractivity contribution < 1.29 is 9.90 Å². The van der Waals surface area contributed by atoms with E-state index in [0.717, 1.165) is 4.68 Å². The first-order valence-corrected chi connectivity index (χ1v) is 4.20. The maximum absolute atomic E-state index is 11.4. The molecular formula is C7H9N3O3S. The Kier molecular flexibility index (Phi) is 3.03. The van der Waals surface area contributed by atoms with Crippen molar-refractivity contribution in [3.63, 3.8) is 0 Å². The predicted octanol–water partition coefficient (Wildman–Crippen LogP) is -0.844. The zero-order chi connectivity index (χ0) is 10.7. The molecule has 3 N–H and O–H groups in total. The van der Waals surface area contributed by atoms with Gasteiger partial charge in [0.2, 0.25) is 0 Å². The number of aromatic nitrogens is 2. The lowest BCUT2D eigenvalue weighted by molar-refractivity contribution is -0.136. The first-order valence-electron chi connectivity index (χ1n) is 3.79. The first-order chi connectivity index (χ1) is 6.56. The number of aliphatic carboxylic acids is 1. The molecule has 0 amide bonds. The number of aromatic amines is 1. The van der Waals surface area contributed by atoms with Crippen LogP contribution in [-0.4, -0.2) is 33.0 Å². The number of rotatable bonds is 2. The molecule has 0 fully saturated rings. The van der Waals surface area contributed by atoms with Gasteiger partial charge in [-0.2, -0.15) is 4.68 Å². The number of H-pyrrole nitrogens is 1. The summed E-state index contributed by atoms with van der Waals surface area (Å²) < 4.78 is 1.08. The highest BCUT2D eigenvalue weighted by molar-refractivity contribution is 7.80. The monoisotopic (exact) mass is 215 g/mol. The molecule has 0 aliphatic heterocycles. The van der Waals surface area contributed by atoms with Gasteiger partial charge in [-0.15, -0.1) is 0 Å². The number of carboxylic acids is 1. The zero-order valence-corrected chi connectivity index (χ0v) is 8.22. The fraction of sp³-hybridized carbons (Fsp3) is 0.286. The molecule has 7 heteroatoms. The molecule has 76 valence electrons. The molecule has 0 spiro atoms. The standard InChI is InChI=1S/C7H9N3O3S/c1-8-7(14)10-6(13)4(3-9-10)2-5(11)12/h3,9H,2H2,1H3,(H,8,14)(H,11,12). The second-order valence-corrected chi connectivity index (χ2v) is 2.95. The van der Waals surface area contributed by atoms with E-state index in [2.05, 4.69) is 10.4 Å². The zero-order valence-electron chi connectivity index (χ0n) is 7.40. The van der Waals surface area contributed by atoms with Gasteiger partial charge in [0, 0.05) is 18.8 Å². The molecule has 14 heavy (non-hydrogen) atoms. The van der Waals surface area contributed by atoms with E-state index in [9.17, 15) is 9.59 Å². The lowest BCUT2D eigenvalue weighted by Gasteiger charge is -2.00. The van der Waals surface area contributed by atoms with Gasteiger partial charge in [0.05, 0.1) is 6.42 Å². The Balaban J connectivity index is 3.03. The van der Waals surface area contributed by atoms with Crippen LogP contribution in [0.25, 0.3) is 0 Å². The number of nitrogens with zero attached hydrogens (tertiary/aromatic N) is 1. The lowest BCUT2D eigenvalue weighted by Crippen LogP contribution is -2.33. The fourth-order valence-corrected chi connectivity index (χ4v) is 1.09. The molecule has 0 aliphatic carbocycles. The average molecular weight is 215 g/mol. The van der Waals surface area contributed by atoms with Crippen LogP contribution >= 0.6 is 12.2 Å². The van der Waals surface area contributed by atoms with E-state index >= 15 is 0 Å². The van der Waals surface area contributed by atoms with Crippen molar-refractivity contribution in [1.29, 1.82) is 0 Å². The molecule has 0 radical (unpaired) electrons. The van der Waals surface area contributed by atoms with Crippen LogP contribution in [-0.2, 0) is 11.2 Å². The van der Waals surface area contributed by atoms with Crippen LogP contribution in [0.2, 0.25) is 0 Å². The van der Waals surface area contributed by atoms with Gasteiger partial charge < -0.3 is 10.4 Å². The summed E-state index contributed by atoms with van der Waals surface area (Å²) in [6.07, 6.45) is 1.02. The topological polar surface area (TPSA) is 87.1 Å². The molecule has 6 nitrogen and oxygen atoms in total. The molecule has 0 aliphatic rings. The molecule has 0 aromatic carbocycles. The summed E-state index contributed by atoms with van der Waals surface area (Å²) >= 11 is 4.81. The highest BCUT2D eigenvalue weighted by atomic mass is 32.1. The van der Waals surface area contributed by atoms with E-state index in [1.165, 1.54) is 6.20 Å². The number of nitrogens with one attached hydrogen (secondary N) is 2. The second-order valence-electron chi connectivity index (χ2n) is 2.56. The van der Waals surface area contributed by atoms with E-state index in [4.69, 9.17) is 17.3 Å². The van der Waals surface area contributed by atoms with Crippen molar-refractivity contribution >= 4 is 23.3 Å². The third kappa shape index (κ3) is 1.99. The Hall–Kier alpha value is -1.63. The van der Waals surface area contributed by atoms with Crippen LogP contribution in [0.5, 0.6) is 0 Å². The number of hydrogen-bond acceptors (Lipinski definition) is 3. The molecule has 0 bridgehead atoms. The molecule has 0 atom stereocenters. The Bertz CT molecular complexity index is 420. The molecular weight excluding hydrogens is 206 g/mol. The first kappa shape index (κ1) is 10.5. The van der Waals surface area contributed by atoms with Crippen LogP contribution in [0.15, 0.2) is 11.0 Å². The minimum Gasteiger partial charge on any atom is -0.481 e. The highest BCUT2D eigenvalue weighted by Gasteiger charge is 2.11. The Labute approximate surface area is 84.5 Å². The van der Waals surface area contributed by atoms with Crippen LogP contribution in [0.4, 0.5) is 0 Å². The van der Waals surface area contributed by atoms with Crippen molar-refractivity contribution in [2.45, 2.75) is 6.42 Å². The van der Waals surface area contributed by atoms with Crippen molar-refractivity contribution in [2.24, 2.45) is 0 Å². The normalized spacial score (nSPS) is 9.79. The van der Waals surface area contributed by atoms with E-state index in [1.54, 1.807) is 7.05 Å². The number of carboxylic acid groups (broad SMARTS) is 1. The highest BCUT2D eigenvalue weighted by Crippen LogP contribution is 1.91. The van der Waals surface area contributed by atoms with Gasteiger partial charge in [0.1, 0.15) is 0 Å². The largest absolute Gasteiger partial charge is 0.481 e. The van der Waals surface area contributed by atoms with Crippen molar-refractivity contribution in [3.8, 4) is 0 Å². The van der Waals surface area contributed by atoms with Gasteiger partial charge in [-0.3, -0.25) is 14.7 Å². The van der Waals surface area contributed by atoms with Crippen LogP contribution in [0.1, 0.15) is 5.56 Å². The van der Waals surface area contributed by atoms with E-state index in [-0.39, 0.29) is 17.1 Å². The summed E-state index contributed by atoms with van der Waals surface area (Å²) in [4.78, 5) is 21.8. The Morgan fingerprint density at radius 3 is 2.93 bits per heavy atom. The summed E-state index contributed by atoms with van der Waals surface area (Å²) in [5.41, 5.74) is -0.262. The van der Waals surface area contributed by atoms with Gasteiger partial charge >= 0.3 is 5.97 Å². The second kappa shape index (κ2) is 4.05. The van der Waals surface area contributed by atoms with Crippen molar-refractivity contribution in [1.82, 2.24) is 15.1 Å². The minimum absolute atomic E-state index is 0.176. The van der Waals surface area contributed by atoms with E-state index < -0.39 is 11.5 Å². The molecule has 0 unspecified atom stereocenters. The smallest absolute Gasteiger partial charge is 0.308 e. The summed E-state index contributed by atoms with van der Waals surface area (Å²) in [5, 5.41) is 13.9. The van der Waals surface area contributed by atoms with Crippen LogP contribution in [0.3, 0.4) is 0 Å². The molecule has 1 rings (SSSR count). The third-order valence-electron chi connectivity index (χ3n) is 1.60. The SMILES string of the molecule is CNC(=S)n1[nH]cc(CC(=O)O)c1=O.